The van der Waals surface area contributed by atoms with Crippen LogP contribution in [0.15, 0.2) is 23.3 Å². The van der Waals surface area contributed by atoms with E-state index in [4.69, 9.17) is 33.2 Å². The number of rotatable bonds is 7. The molecule has 4 heterocycles. The molecule has 8 N–H and O–H groups in total. The maximum atomic E-state index is 14.8. The normalized spacial score (nSPS) is 46.8. The third-order valence-corrected chi connectivity index (χ3v) is 13.8. The van der Waals surface area contributed by atoms with E-state index in [1.807, 2.05) is 0 Å². The molecule has 0 aromatic heterocycles. The molecule has 0 amide bonds. The Bertz CT molecular complexity index is 1920. The lowest BCUT2D eigenvalue weighted by molar-refractivity contribution is -0.306. The first-order valence-electron chi connectivity index (χ1n) is 21.3. The number of hydrogen-bond acceptors (Lipinski definition) is 18. The molecule has 18 nitrogen and oxygen atoms in total. The summed E-state index contributed by atoms with van der Waals surface area (Å²) >= 11 is 0. The Morgan fingerprint density at radius 1 is 0.705 bits per heavy atom. The SMILES string of the molecule is CC1OC(OC23C(=O)CC(C)(O)CC2(O)CC(O)C2=C3C(=O)c3ccc(C4CC(OC5CCC(OC6CC(O)C(O)C(C)O6)C(C)O5)C(O)C(C)O4)c(O)c3C2=O)CCC1O. The number of hydrogen-bond donors (Lipinski definition) is 8. The molecule has 4 aliphatic heterocycles. The van der Waals surface area contributed by atoms with Gasteiger partial charge in [-0.1, -0.05) is 6.07 Å². The maximum absolute atomic E-state index is 14.8. The molecule has 61 heavy (non-hydrogen) atoms. The zero-order valence-corrected chi connectivity index (χ0v) is 34.8. The summed E-state index contributed by atoms with van der Waals surface area (Å²) in [4.78, 5) is 43.7. The fraction of sp³-hybridized carbons (Fsp3) is 0.744. The minimum Gasteiger partial charge on any atom is -0.507 e. The van der Waals surface area contributed by atoms with Crippen molar-refractivity contribution in [2.24, 2.45) is 0 Å². The quantitative estimate of drug-likeness (QED) is 0.187. The van der Waals surface area contributed by atoms with Gasteiger partial charge in [0, 0.05) is 61.6 Å². The van der Waals surface area contributed by atoms with Gasteiger partial charge in [0.25, 0.3) is 0 Å². The van der Waals surface area contributed by atoms with Crippen LogP contribution >= 0.6 is 0 Å². The molecule has 7 aliphatic rings. The molecule has 1 aromatic rings. The van der Waals surface area contributed by atoms with E-state index in [9.17, 15) is 55.2 Å². The van der Waals surface area contributed by atoms with Crippen LogP contribution in [0.3, 0.4) is 0 Å². The van der Waals surface area contributed by atoms with Crippen molar-refractivity contribution in [1.29, 1.82) is 0 Å². The van der Waals surface area contributed by atoms with Crippen molar-refractivity contribution in [3.05, 3.63) is 40.0 Å². The van der Waals surface area contributed by atoms with Crippen molar-refractivity contribution in [2.45, 2.75) is 201 Å². The first-order chi connectivity index (χ1) is 28.6. The molecule has 3 aliphatic carbocycles. The molecule has 8 rings (SSSR count). The van der Waals surface area contributed by atoms with E-state index in [1.54, 1.807) is 27.7 Å². The second-order valence-electron chi connectivity index (χ2n) is 18.4. The number of aliphatic hydroxyl groups excluding tert-OH is 5. The van der Waals surface area contributed by atoms with Gasteiger partial charge in [-0.15, -0.1) is 0 Å². The molecule has 18 atom stereocenters. The number of ether oxygens (including phenoxy) is 7. The molecular formula is C43H58O18. The second kappa shape index (κ2) is 16.3. The Hall–Kier alpha value is -2.79. The van der Waals surface area contributed by atoms with E-state index in [2.05, 4.69) is 0 Å². The fourth-order valence-corrected chi connectivity index (χ4v) is 10.6. The Kier molecular flexibility index (Phi) is 12.0. The van der Waals surface area contributed by atoms with E-state index < -0.39 is 168 Å². The van der Waals surface area contributed by atoms with E-state index in [0.717, 1.165) is 0 Å². The zero-order valence-electron chi connectivity index (χ0n) is 34.8. The van der Waals surface area contributed by atoms with Gasteiger partial charge in [-0.25, -0.2) is 0 Å². The smallest absolute Gasteiger partial charge is 0.196 e. The van der Waals surface area contributed by atoms with Crippen molar-refractivity contribution in [3.63, 3.8) is 0 Å². The number of ketones is 3. The summed E-state index contributed by atoms with van der Waals surface area (Å²) in [5.74, 6) is -3.45. The van der Waals surface area contributed by atoms with Gasteiger partial charge in [0.05, 0.1) is 77.8 Å². The number of aromatic hydroxyl groups is 1. The Balaban J connectivity index is 1.04. The molecule has 18 heteroatoms. The number of fused-ring (bicyclic) bond motifs is 3. The van der Waals surface area contributed by atoms with Crippen LogP contribution in [-0.2, 0) is 38.0 Å². The first-order valence-corrected chi connectivity index (χ1v) is 21.3. The van der Waals surface area contributed by atoms with Crippen molar-refractivity contribution < 1.29 is 88.4 Å². The number of Topliss-reactive ketones (excluding diaryl/α,β-unsaturated/α-hetero) is 3. The predicted molar refractivity (Wildman–Crippen MR) is 206 cm³/mol. The first kappa shape index (κ1) is 44.8. The van der Waals surface area contributed by atoms with Gasteiger partial charge in [-0.2, -0.15) is 0 Å². The van der Waals surface area contributed by atoms with Crippen LogP contribution in [0.2, 0.25) is 0 Å². The third kappa shape index (κ3) is 7.73. The van der Waals surface area contributed by atoms with Gasteiger partial charge in [0.2, 0.25) is 0 Å². The van der Waals surface area contributed by atoms with Crippen LogP contribution in [-0.4, -0.2) is 161 Å². The van der Waals surface area contributed by atoms with Crippen LogP contribution in [0.5, 0.6) is 5.75 Å². The zero-order chi connectivity index (χ0) is 44.1. The van der Waals surface area contributed by atoms with Crippen molar-refractivity contribution >= 4 is 17.3 Å². The molecule has 1 saturated carbocycles. The van der Waals surface area contributed by atoms with Crippen LogP contribution in [0.1, 0.15) is 125 Å². The fourth-order valence-electron chi connectivity index (χ4n) is 10.6. The highest BCUT2D eigenvalue weighted by molar-refractivity contribution is 6.31. The number of aliphatic hydroxyl groups is 7. The molecule has 4 saturated heterocycles. The number of benzene rings is 1. The summed E-state index contributed by atoms with van der Waals surface area (Å²) in [6.07, 6.45) is -13.9. The highest BCUT2D eigenvalue weighted by Gasteiger charge is 2.71. The van der Waals surface area contributed by atoms with E-state index in [0.29, 0.717) is 12.8 Å². The van der Waals surface area contributed by atoms with Crippen molar-refractivity contribution in [3.8, 4) is 5.75 Å². The molecule has 338 valence electrons. The molecule has 0 spiro atoms. The highest BCUT2D eigenvalue weighted by Crippen LogP contribution is 2.57. The van der Waals surface area contributed by atoms with Gasteiger partial charge in [0.15, 0.2) is 41.8 Å². The monoisotopic (exact) mass is 862 g/mol. The topological polar surface area (TPSA) is 278 Å². The lowest BCUT2D eigenvalue weighted by atomic mass is 9.54. The third-order valence-electron chi connectivity index (χ3n) is 13.8. The van der Waals surface area contributed by atoms with Crippen molar-refractivity contribution in [2.75, 3.05) is 0 Å². The van der Waals surface area contributed by atoms with Gasteiger partial charge in [-0.3, -0.25) is 14.4 Å². The van der Waals surface area contributed by atoms with E-state index >= 15 is 0 Å². The van der Waals surface area contributed by atoms with Gasteiger partial charge in [-0.05, 0) is 53.5 Å². The van der Waals surface area contributed by atoms with E-state index in [1.165, 1.54) is 19.1 Å². The van der Waals surface area contributed by atoms with Gasteiger partial charge in [0.1, 0.15) is 23.6 Å². The summed E-state index contributed by atoms with van der Waals surface area (Å²) in [5.41, 5.74) is -8.50. The molecule has 5 fully saturated rings. The molecule has 0 bridgehead atoms. The molecular weight excluding hydrogens is 804 g/mol. The number of phenolic OH excluding ortho intramolecular Hbond substituents is 1. The number of phenols is 1. The minimum atomic E-state index is -2.56. The van der Waals surface area contributed by atoms with Crippen molar-refractivity contribution in [1.82, 2.24) is 0 Å². The highest BCUT2D eigenvalue weighted by atomic mass is 16.7. The largest absolute Gasteiger partial charge is 0.507 e. The van der Waals surface area contributed by atoms with Crippen LogP contribution < -0.4 is 0 Å². The van der Waals surface area contributed by atoms with Crippen LogP contribution in [0.25, 0.3) is 0 Å². The second-order valence-corrected chi connectivity index (χ2v) is 18.4. The van der Waals surface area contributed by atoms with Gasteiger partial charge < -0.3 is 74.0 Å². The minimum absolute atomic E-state index is 0.00826. The average molecular weight is 863 g/mol. The van der Waals surface area contributed by atoms with Crippen LogP contribution in [0.4, 0.5) is 0 Å². The lowest BCUT2D eigenvalue weighted by Crippen LogP contribution is -2.73. The molecule has 1 aromatic carbocycles. The molecule has 0 radical (unpaired) electrons. The lowest BCUT2D eigenvalue weighted by Gasteiger charge is -2.57. The summed E-state index contributed by atoms with van der Waals surface area (Å²) in [6.45, 7) is 8.00. The number of carbonyl (C=O) groups excluding carboxylic acids is 3. The summed E-state index contributed by atoms with van der Waals surface area (Å²) in [7, 11) is 0. The average Bonchev–Trinajstić information content (AvgIpc) is 3.17. The van der Waals surface area contributed by atoms with Crippen LogP contribution in [0, 0.1) is 0 Å². The Morgan fingerprint density at radius 2 is 1.36 bits per heavy atom. The summed E-state index contributed by atoms with van der Waals surface area (Å²) < 4.78 is 42.6. The summed E-state index contributed by atoms with van der Waals surface area (Å²) in [6, 6.07) is 2.68. The summed E-state index contributed by atoms with van der Waals surface area (Å²) in [5, 5.41) is 88.6. The molecule has 18 unspecified atom stereocenters. The maximum Gasteiger partial charge on any atom is 0.196 e. The number of carbonyl (C=O) groups is 3. The van der Waals surface area contributed by atoms with Gasteiger partial charge >= 0.3 is 0 Å². The Labute approximate surface area is 352 Å². The Morgan fingerprint density at radius 3 is 2.05 bits per heavy atom. The van der Waals surface area contributed by atoms with E-state index in [-0.39, 0.29) is 36.8 Å². The standard InChI is InChI=1S/C43H58O18/c1-17-23(44)8-10-31(56-17)61-43-29(47)15-41(5,53)16-42(43,54)14-25(46)34-35(43)39(51)22-7-6-21(38(50)33(22)40(34)52)27-13-28(37(49)20(4)55-27)60-30-11-9-26(18(2)57-30)59-32-12-24(45)36(48)19(3)58-32/h6-7,17-20,23-28,30-32,36-37,44-46,48-50,53-54H,8-16H2,1-5H3. The predicted octanol–water partition coefficient (Wildman–Crippen LogP) is 0.682.